The van der Waals surface area contributed by atoms with Gasteiger partial charge in [-0.3, -0.25) is 0 Å². The van der Waals surface area contributed by atoms with Crippen LogP contribution in [0.25, 0.3) is 0 Å². The van der Waals surface area contributed by atoms with Crippen molar-refractivity contribution in [1.82, 2.24) is 4.90 Å². The maximum Gasteiger partial charge on any atom is 0.322 e. The van der Waals surface area contributed by atoms with Crippen LogP contribution in [0.4, 0.5) is 10.5 Å². The summed E-state index contributed by atoms with van der Waals surface area (Å²) >= 11 is 0. The third kappa shape index (κ3) is 5.75. The van der Waals surface area contributed by atoms with Crippen molar-refractivity contribution in [2.45, 2.75) is 19.8 Å². The molecule has 0 fully saturated rings. The Kier molecular flexibility index (Phi) is 7.32. The minimum Gasteiger partial charge on any atom is -0.493 e. The quantitative estimate of drug-likeness (QED) is 0.560. The second-order valence-electron chi connectivity index (χ2n) is 7.69. The highest BCUT2D eigenvalue weighted by Gasteiger charge is 2.21. The summed E-state index contributed by atoms with van der Waals surface area (Å²) in [5.41, 5.74) is 3.76. The van der Waals surface area contributed by atoms with E-state index in [0.717, 1.165) is 22.4 Å². The highest BCUT2D eigenvalue weighted by atomic mass is 16.5. The van der Waals surface area contributed by atoms with Gasteiger partial charge in [0.1, 0.15) is 12.4 Å². The minimum atomic E-state index is -0.204. The number of urea groups is 1. The Morgan fingerprint density at radius 3 is 2.52 bits per heavy atom. The smallest absolute Gasteiger partial charge is 0.322 e. The topological polar surface area (TPSA) is 69.3 Å². The number of benzene rings is 3. The lowest BCUT2D eigenvalue weighted by molar-refractivity contribution is 0.107. The van der Waals surface area contributed by atoms with Gasteiger partial charge in [0.15, 0.2) is 11.5 Å². The molecule has 2 amide bonds. The highest BCUT2D eigenvalue weighted by molar-refractivity contribution is 5.89. The van der Waals surface area contributed by atoms with E-state index >= 15 is 0 Å². The summed E-state index contributed by atoms with van der Waals surface area (Å²) in [6.45, 7) is 2.39. The molecule has 0 bridgehead atoms. The van der Waals surface area contributed by atoms with E-state index in [9.17, 15) is 4.79 Å². The summed E-state index contributed by atoms with van der Waals surface area (Å²) in [4.78, 5) is 14.7. The third-order valence-corrected chi connectivity index (χ3v) is 5.41. The predicted molar refractivity (Wildman–Crippen MR) is 126 cm³/mol. The lowest BCUT2D eigenvalue weighted by Gasteiger charge is -2.21. The zero-order chi connectivity index (χ0) is 23.0. The molecule has 1 heterocycles. The van der Waals surface area contributed by atoms with Crippen molar-refractivity contribution in [3.63, 3.8) is 0 Å². The molecule has 4 rings (SSSR count). The number of hydrogen-bond donors (Lipinski definition) is 1. The summed E-state index contributed by atoms with van der Waals surface area (Å²) in [6, 6.07) is 21.1. The number of methoxy groups -OCH3 is 2. The van der Waals surface area contributed by atoms with E-state index in [0.29, 0.717) is 50.1 Å². The highest BCUT2D eigenvalue weighted by Crippen LogP contribution is 2.30. The molecule has 33 heavy (non-hydrogen) atoms. The Balaban J connectivity index is 1.40. The average Bonchev–Trinajstić information content (AvgIpc) is 3.07. The van der Waals surface area contributed by atoms with Gasteiger partial charge in [-0.05, 0) is 35.4 Å². The van der Waals surface area contributed by atoms with Crippen molar-refractivity contribution in [3.8, 4) is 17.2 Å². The normalized spacial score (nSPS) is 12.8. The first kappa shape index (κ1) is 22.5. The molecule has 0 atom stereocenters. The first-order chi connectivity index (χ1) is 16.2. The van der Waals surface area contributed by atoms with E-state index in [1.165, 1.54) is 0 Å². The number of amides is 2. The Bertz CT molecular complexity index is 1090. The summed E-state index contributed by atoms with van der Waals surface area (Å²) in [7, 11) is 3.14. The number of anilines is 1. The monoisotopic (exact) mass is 448 g/mol. The van der Waals surface area contributed by atoms with Crippen LogP contribution in [0.3, 0.4) is 0 Å². The molecule has 0 unspecified atom stereocenters. The number of carbonyl (C=O) groups is 1. The van der Waals surface area contributed by atoms with Gasteiger partial charge in [0.25, 0.3) is 0 Å². The van der Waals surface area contributed by atoms with E-state index in [4.69, 9.17) is 18.9 Å². The summed E-state index contributed by atoms with van der Waals surface area (Å²) in [5, 5.41) is 2.93. The summed E-state index contributed by atoms with van der Waals surface area (Å²) in [5.74, 6) is 1.96. The van der Waals surface area contributed by atoms with Gasteiger partial charge in [0.05, 0.1) is 40.5 Å². The van der Waals surface area contributed by atoms with Crippen LogP contribution in [-0.2, 0) is 24.5 Å². The van der Waals surface area contributed by atoms with Gasteiger partial charge in [0, 0.05) is 17.3 Å². The number of carbonyl (C=O) groups excluding carboxylic acids is 1. The van der Waals surface area contributed by atoms with Crippen LogP contribution in [0, 0.1) is 0 Å². The molecule has 0 aromatic heterocycles. The van der Waals surface area contributed by atoms with Crippen LogP contribution >= 0.6 is 0 Å². The van der Waals surface area contributed by atoms with Crippen LogP contribution in [0.15, 0.2) is 66.7 Å². The fourth-order valence-corrected chi connectivity index (χ4v) is 3.69. The van der Waals surface area contributed by atoms with Gasteiger partial charge in [-0.2, -0.15) is 0 Å². The molecule has 0 aliphatic carbocycles. The van der Waals surface area contributed by atoms with Crippen molar-refractivity contribution < 1.29 is 23.7 Å². The molecule has 3 aromatic carbocycles. The number of hydrogen-bond acceptors (Lipinski definition) is 5. The molecule has 0 saturated heterocycles. The van der Waals surface area contributed by atoms with Crippen LogP contribution in [0.5, 0.6) is 17.2 Å². The van der Waals surface area contributed by atoms with Gasteiger partial charge >= 0.3 is 6.03 Å². The lowest BCUT2D eigenvalue weighted by Crippen LogP contribution is -2.36. The zero-order valence-corrected chi connectivity index (χ0v) is 18.9. The molecule has 3 aromatic rings. The maximum atomic E-state index is 13.0. The standard InChI is InChI=1S/C26H28N2O5/c1-30-24-11-9-22(15-25(24)31-2)27-26(29)28-12-13-33-23-10-8-20(14-21(23)16-28)18-32-17-19-6-4-3-5-7-19/h3-11,14-15H,12-13,16-18H2,1-2H3,(H,27,29). The number of nitrogens with one attached hydrogen (secondary N) is 1. The average molecular weight is 449 g/mol. The minimum absolute atomic E-state index is 0.204. The molecule has 0 spiro atoms. The molecule has 0 saturated carbocycles. The van der Waals surface area contributed by atoms with Crippen LogP contribution in [-0.4, -0.2) is 38.3 Å². The number of nitrogens with zero attached hydrogens (tertiary/aromatic N) is 1. The molecule has 7 nitrogen and oxygen atoms in total. The first-order valence-corrected chi connectivity index (χ1v) is 10.8. The van der Waals surface area contributed by atoms with Crippen LogP contribution in [0.1, 0.15) is 16.7 Å². The van der Waals surface area contributed by atoms with Crippen molar-refractivity contribution in [2.75, 3.05) is 32.7 Å². The fraction of sp³-hybridized carbons (Fsp3) is 0.269. The van der Waals surface area contributed by atoms with Gasteiger partial charge in [0.2, 0.25) is 0 Å². The lowest BCUT2D eigenvalue weighted by atomic mass is 10.1. The molecule has 1 N–H and O–H groups in total. The Labute approximate surface area is 193 Å². The van der Waals surface area contributed by atoms with Gasteiger partial charge in [-0.1, -0.05) is 36.4 Å². The summed E-state index contributed by atoms with van der Waals surface area (Å²) in [6.07, 6.45) is 0. The fourth-order valence-electron chi connectivity index (χ4n) is 3.69. The maximum absolute atomic E-state index is 13.0. The Hall–Kier alpha value is -3.71. The zero-order valence-electron chi connectivity index (χ0n) is 18.9. The Morgan fingerprint density at radius 1 is 0.939 bits per heavy atom. The first-order valence-electron chi connectivity index (χ1n) is 10.8. The molecule has 1 aliphatic heterocycles. The Morgan fingerprint density at radius 2 is 1.73 bits per heavy atom. The molecule has 1 aliphatic rings. The molecule has 172 valence electrons. The number of ether oxygens (including phenoxy) is 4. The molecular weight excluding hydrogens is 420 g/mol. The molecule has 7 heteroatoms. The van der Waals surface area contributed by atoms with E-state index < -0.39 is 0 Å². The van der Waals surface area contributed by atoms with Crippen molar-refractivity contribution in [1.29, 1.82) is 0 Å². The largest absolute Gasteiger partial charge is 0.493 e. The van der Waals surface area contributed by atoms with Crippen LogP contribution in [0.2, 0.25) is 0 Å². The van der Waals surface area contributed by atoms with E-state index in [-0.39, 0.29) is 6.03 Å². The van der Waals surface area contributed by atoms with Crippen molar-refractivity contribution >= 4 is 11.7 Å². The third-order valence-electron chi connectivity index (χ3n) is 5.41. The van der Waals surface area contributed by atoms with Gasteiger partial charge in [-0.25, -0.2) is 4.79 Å². The van der Waals surface area contributed by atoms with Crippen LogP contribution < -0.4 is 19.5 Å². The van der Waals surface area contributed by atoms with Crippen molar-refractivity contribution in [3.05, 3.63) is 83.4 Å². The second kappa shape index (κ2) is 10.7. The SMILES string of the molecule is COc1ccc(NC(=O)N2CCOc3ccc(COCc4ccccc4)cc3C2)cc1OC. The number of rotatable bonds is 7. The van der Waals surface area contributed by atoms with Gasteiger partial charge < -0.3 is 29.2 Å². The van der Waals surface area contributed by atoms with E-state index in [2.05, 4.69) is 5.32 Å². The van der Waals surface area contributed by atoms with E-state index in [1.54, 1.807) is 37.3 Å². The number of fused-ring (bicyclic) bond motifs is 1. The molecule has 0 radical (unpaired) electrons. The van der Waals surface area contributed by atoms with Gasteiger partial charge in [-0.15, -0.1) is 0 Å². The van der Waals surface area contributed by atoms with Crippen molar-refractivity contribution in [2.24, 2.45) is 0 Å². The summed E-state index contributed by atoms with van der Waals surface area (Å²) < 4.78 is 22.3. The molecular formula is C26H28N2O5. The predicted octanol–water partition coefficient (Wildman–Crippen LogP) is 4.85. The second-order valence-corrected chi connectivity index (χ2v) is 7.69. The van der Waals surface area contributed by atoms with E-state index in [1.807, 2.05) is 48.5 Å².